The normalized spacial score (nSPS) is 11.2. The van der Waals surface area contributed by atoms with Gasteiger partial charge in [-0.05, 0) is 24.3 Å². The number of halogens is 1. The van der Waals surface area contributed by atoms with Gasteiger partial charge in [-0.1, -0.05) is 49.7 Å². The third-order valence-corrected chi connectivity index (χ3v) is 3.75. The van der Waals surface area contributed by atoms with E-state index < -0.39 is 0 Å². The molecule has 1 aromatic heterocycles. The number of fused-ring (bicyclic) bond motifs is 1. The number of rotatable bonds is 2. The number of para-hydroxylation sites is 2. The average molecular weight is 299 g/mol. The maximum atomic E-state index is 12.2. The van der Waals surface area contributed by atoms with Gasteiger partial charge in [0.1, 0.15) is 5.82 Å². The van der Waals surface area contributed by atoms with Crippen LogP contribution in [0.15, 0.2) is 53.3 Å². The number of benzene rings is 2. The highest BCUT2D eigenvalue weighted by molar-refractivity contribution is 6.32. The van der Waals surface area contributed by atoms with Gasteiger partial charge in [-0.3, -0.25) is 9.36 Å². The fourth-order valence-electron chi connectivity index (χ4n) is 2.46. The summed E-state index contributed by atoms with van der Waals surface area (Å²) < 4.78 is 1.98. The van der Waals surface area contributed by atoms with Crippen molar-refractivity contribution in [3.63, 3.8) is 0 Å². The Morgan fingerprint density at radius 2 is 1.71 bits per heavy atom. The summed E-state index contributed by atoms with van der Waals surface area (Å²) >= 11 is 6.35. The SMILES string of the molecule is CC(C)c1nc(=O)c2ccccc2n1-c1ccccc1Cl. The molecule has 3 aromatic rings. The van der Waals surface area contributed by atoms with E-state index in [0.29, 0.717) is 16.2 Å². The Morgan fingerprint density at radius 1 is 1.05 bits per heavy atom. The van der Waals surface area contributed by atoms with Gasteiger partial charge >= 0.3 is 0 Å². The molecule has 0 amide bonds. The Labute approximate surface area is 127 Å². The standard InChI is InChI=1S/C17H15ClN2O/c1-11(2)16-19-17(21)12-7-3-5-9-14(12)20(16)15-10-6-4-8-13(15)18/h3-11H,1-2H3. The summed E-state index contributed by atoms with van der Waals surface area (Å²) in [6.45, 7) is 4.04. The summed E-state index contributed by atoms with van der Waals surface area (Å²) in [5.74, 6) is 0.824. The number of hydrogen-bond acceptors (Lipinski definition) is 2. The average Bonchev–Trinajstić information content (AvgIpc) is 2.48. The summed E-state index contributed by atoms with van der Waals surface area (Å²) in [4.78, 5) is 16.5. The monoisotopic (exact) mass is 298 g/mol. The van der Waals surface area contributed by atoms with Gasteiger partial charge in [0.15, 0.2) is 0 Å². The maximum Gasteiger partial charge on any atom is 0.280 e. The number of nitrogens with zero attached hydrogens (tertiary/aromatic N) is 2. The molecule has 0 saturated carbocycles. The van der Waals surface area contributed by atoms with Crippen LogP contribution in [0, 0.1) is 0 Å². The molecular formula is C17H15ClN2O. The lowest BCUT2D eigenvalue weighted by Gasteiger charge is -2.18. The van der Waals surface area contributed by atoms with Gasteiger partial charge in [0.05, 0.1) is 21.6 Å². The Bertz CT molecular complexity index is 868. The second kappa shape index (κ2) is 5.34. The zero-order valence-corrected chi connectivity index (χ0v) is 12.6. The van der Waals surface area contributed by atoms with Crippen LogP contribution in [0.5, 0.6) is 0 Å². The fourth-order valence-corrected chi connectivity index (χ4v) is 2.68. The molecule has 4 heteroatoms. The van der Waals surface area contributed by atoms with E-state index in [9.17, 15) is 4.79 Å². The third kappa shape index (κ3) is 2.34. The summed E-state index contributed by atoms with van der Waals surface area (Å²) in [5, 5.41) is 1.23. The molecule has 3 nitrogen and oxygen atoms in total. The Balaban J connectivity index is 2.50. The quantitative estimate of drug-likeness (QED) is 0.712. The van der Waals surface area contributed by atoms with Crippen LogP contribution in [0.1, 0.15) is 25.6 Å². The van der Waals surface area contributed by atoms with E-state index in [1.165, 1.54) is 0 Å². The number of aromatic nitrogens is 2. The van der Waals surface area contributed by atoms with E-state index in [1.807, 2.05) is 60.9 Å². The van der Waals surface area contributed by atoms with Gasteiger partial charge < -0.3 is 0 Å². The first kappa shape index (κ1) is 13.8. The molecule has 106 valence electrons. The smallest absolute Gasteiger partial charge is 0.280 e. The molecule has 0 radical (unpaired) electrons. The van der Waals surface area contributed by atoms with Gasteiger partial charge in [0, 0.05) is 5.92 Å². The first-order chi connectivity index (χ1) is 10.1. The maximum absolute atomic E-state index is 12.2. The molecule has 2 aromatic carbocycles. The second-order valence-electron chi connectivity index (χ2n) is 5.23. The van der Waals surface area contributed by atoms with E-state index >= 15 is 0 Å². The molecule has 1 heterocycles. The van der Waals surface area contributed by atoms with Gasteiger partial charge in [0.2, 0.25) is 0 Å². The van der Waals surface area contributed by atoms with E-state index in [1.54, 1.807) is 6.07 Å². The molecule has 0 unspecified atom stereocenters. The lowest BCUT2D eigenvalue weighted by Crippen LogP contribution is -2.19. The Kier molecular flexibility index (Phi) is 3.52. The molecule has 3 rings (SSSR count). The molecule has 0 aliphatic rings. The summed E-state index contributed by atoms with van der Waals surface area (Å²) in [5.41, 5.74) is 1.47. The van der Waals surface area contributed by atoms with Crippen LogP contribution in [-0.2, 0) is 0 Å². The molecule has 0 bridgehead atoms. The molecule has 0 spiro atoms. The van der Waals surface area contributed by atoms with Crippen molar-refractivity contribution in [3.8, 4) is 5.69 Å². The van der Waals surface area contributed by atoms with Crippen molar-refractivity contribution in [2.45, 2.75) is 19.8 Å². The topological polar surface area (TPSA) is 34.9 Å². The van der Waals surface area contributed by atoms with Gasteiger partial charge in [-0.2, -0.15) is 4.98 Å². The minimum absolute atomic E-state index is 0.110. The van der Waals surface area contributed by atoms with Crippen LogP contribution in [0.25, 0.3) is 16.6 Å². The minimum Gasteiger partial charge on any atom is -0.296 e. The zero-order valence-electron chi connectivity index (χ0n) is 11.9. The van der Waals surface area contributed by atoms with Crippen LogP contribution in [-0.4, -0.2) is 9.55 Å². The largest absolute Gasteiger partial charge is 0.296 e. The summed E-state index contributed by atoms with van der Waals surface area (Å²) in [6.07, 6.45) is 0. The van der Waals surface area contributed by atoms with Crippen LogP contribution >= 0.6 is 11.6 Å². The van der Waals surface area contributed by atoms with E-state index in [-0.39, 0.29) is 11.5 Å². The molecule has 0 aliphatic heterocycles. The van der Waals surface area contributed by atoms with Crippen molar-refractivity contribution in [2.24, 2.45) is 0 Å². The van der Waals surface area contributed by atoms with Crippen LogP contribution < -0.4 is 5.56 Å². The Morgan fingerprint density at radius 3 is 2.43 bits per heavy atom. The van der Waals surface area contributed by atoms with Crippen LogP contribution in [0.2, 0.25) is 5.02 Å². The molecule has 21 heavy (non-hydrogen) atoms. The van der Waals surface area contributed by atoms with E-state index in [0.717, 1.165) is 11.2 Å². The molecule has 0 N–H and O–H groups in total. The first-order valence-electron chi connectivity index (χ1n) is 6.86. The number of hydrogen-bond donors (Lipinski definition) is 0. The highest BCUT2D eigenvalue weighted by atomic mass is 35.5. The predicted octanol–water partition coefficient (Wildman–Crippen LogP) is 4.16. The first-order valence-corrected chi connectivity index (χ1v) is 7.24. The third-order valence-electron chi connectivity index (χ3n) is 3.43. The molecule has 0 saturated heterocycles. The zero-order chi connectivity index (χ0) is 15.0. The second-order valence-corrected chi connectivity index (χ2v) is 5.64. The van der Waals surface area contributed by atoms with Gasteiger partial charge in [0.25, 0.3) is 5.56 Å². The van der Waals surface area contributed by atoms with E-state index in [2.05, 4.69) is 4.98 Å². The molecule has 0 atom stereocenters. The van der Waals surface area contributed by atoms with Crippen molar-refractivity contribution >= 4 is 22.5 Å². The van der Waals surface area contributed by atoms with Crippen LogP contribution in [0.3, 0.4) is 0 Å². The lowest BCUT2D eigenvalue weighted by atomic mass is 10.1. The van der Waals surface area contributed by atoms with Crippen LogP contribution in [0.4, 0.5) is 0 Å². The van der Waals surface area contributed by atoms with E-state index in [4.69, 9.17) is 11.6 Å². The fraction of sp³-hybridized carbons (Fsp3) is 0.176. The van der Waals surface area contributed by atoms with Gasteiger partial charge in [-0.25, -0.2) is 0 Å². The van der Waals surface area contributed by atoms with Gasteiger partial charge in [-0.15, -0.1) is 0 Å². The summed E-state index contributed by atoms with van der Waals surface area (Å²) in [6, 6.07) is 15.1. The minimum atomic E-state index is -0.197. The van der Waals surface area contributed by atoms with Crippen molar-refractivity contribution in [1.82, 2.24) is 9.55 Å². The lowest BCUT2D eigenvalue weighted by molar-refractivity contribution is 0.734. The predicted molar refractivity (Wildman–Crippen MR) is 86.4 cm³/mol. The van der Waals surface area contributed by atoms with Crippen molar-refractivity contribution in [2.75, 3.05) is 0 Å². The molecular weight excluding hydrogens is 284 g/mol. The van der Waals surface area contributed by atoms with Crippen molar-refractivity contribution in [1.29, 1.82) is 0 Å². The van der Waals surface area contributed by atoms with Crippen molar-refractivity contribution in [3.05, 3.63) is 69.7 Å². The Hall–Kier alpha value is -2.13. The molecule has 0 fully saturated rings. The van der Waals surface area contributed by atoms with Crippen molar-refractivity contribution < 1.29 is 0 Å². The highest BCUT2D eigenvalue weighted by Crippen LogP contribution is 2.27. The summed E-state index contributed by atoms with van der Waals surface area (Å²) in [7, 11) is 0. The molecule has 0 aliphatic carbocycles. The highest BCUT2D eigenvalue weighted by Gasteiger charge is 2.16.